The van der Waals surface area contributed by atoms with Gasteiger partial charge in [0, 0.05) is 11.2 Å². The Hall–Kier alpha value is -1.06. The van der Waals surface area contributed by atoms with Crippen molar-refractivity contribution in [2.24, 2.45) is 0 Å². The molecule has 1 rings (SSSR count). The van der Waals surface area contributed by atoms with Crippen LogP contribution in [0.15, 0.2) is 22.7 Å². The van der Waals surface area contributed by atoms with Gasteiger partial charge in [0.05, 0.1) is 5.03 Å². The first kappa shape index (κ1) is 12.0. The molecule has 0 aliphatic heterocycles. The highest BCUT2D eigenvalue weighted by Crippen LogP contribution is 2.16. The second-order valence-corrected chi connectivity index (χ2v) is 3.50. The number of pyridine rings is 1. The topological polar surface area (TPSA) is 39.2 Å². The van der Waals surface area contributed by atoms with Crippen molar-refractivity contribution in [3.63, 3.8) is 0 Å². The van der Waals surface area contributed by atoms with Crippen molar-refractivity contribution in [3.8, 4) is 5.75 Å². The van der Waals surface area contributed by atoms with Gasteiger partial charge >= 0.3 is 0 Å². The predicted molar refractivity (Wildman–Crippen MR) is 59.6 cm³/mol. The van der Waals surface area contributed by atoms with Crippen LogP contribution in [0.3, 0.4) is 0 Å². The molecule has 0 fully saturated rings. The molecule has 0 aliphatic rings. The smallest absolute Gasteiger partial charge is 0.172 e. The minimum absolute atomic E-state index is 0.122. The monoisotopic (exact) mass is 245 g/mol. The third-order valence-electron chi connectivity index (χ3n) is 1.62. The molecular weight excluding hydrogens is 237 g/mol. The van der Waals surface area contributed by atoms with Crippen molar-refractivity contribution >= 4 is 29.5 Å². The van der Waals surface area contributed by atoms with Crippen LogP contribution in [0.5, 0.6) is 5.75 Å². The summed E-state index contributed by atoms with van der Waals surface area (Å²) in [5.74, 6) is 0.396. The summed E-state index contributed by atoms with van der Waals surface area (Å²) >= 11 is 11.0. The number of hydrogen-bond acceptors (Lipinski definition) is 3. The number of rotatable bonds is 4. The third kappa shape index (κ3) is 3.53. The highest BCUT2D eigenvalue weighted by Gasteiger charge is 2.05. The molecule has 3 nitrogen and oxygen atoms in total. The molecule has 0 saturated carbocycles. The number of nitrogens with zero attached hydrogens (tertiary/aromatic N) is 1. The molecule has 0 bridgehead atoms. The zero-order valence-electron chi connectivity index (χ0n) is 8.04. The molecule has 1 aromatic rings. The van der Waals surface area contributed by atoms with Gasteiger partial charge in [-0.05, 0) is 19.1 Å². The number of hydrogen-bond donors (Lipinski definition) is 0. The molecular formula is C10H9Cl2NO2. The summed E-state index contributed by atoms with van der Waals surface area (Å²) in [5, 5.41) is 0.356. The van der Waals surface area contributed by atoms with Gasteiger partial charge < -0.3 is 4.74 Å². The zero-order valence-corrected chi connectivity index (χ0v) is 9.55. The molecule has 0 aromatic carbocycles. The van der Waals surface area contributed by atoms with Crippen molar-refractivity contribution in [1.29, 1.82) is 0 Å². The highest BCUT2D eigenvalue weighted by atomic mass is 35.5. The fourth-order valence-electron chi connectivity index (χ4n) is 0.949. The number of carbonyl (C=O) groups excluding carboxylic acids is 1. The van der Waals surface area contributed by atoms with E-state index in [1.807, 2.05) is 0 Å². The van der Waals surface area contributed by atoms with Crippen LogP contribution in [0, 0.1) is 6.92 Å². The maximum absolute atomic E-state index is 10.7. The molecule has 0 amide bonds. The number of aldehydes is 1. The molecule has 0 spiro atoms. The predicted octanol–water partition coefficient (Wildman–Crippen LogP) is 2.90. The number of aryl methyl sites for hydroxylation is 1. The van der Waals surface area contributed by atoms with Gasteiger partial charge in [-0.1, -0.05) is 23.2 Å². The van der Waals surface area contributed by atoms with Gasteiger partial charge in [0.1, 0.15) is 18.1 Å². The number of ether oxygens (including phenoxy) is 1. The quantitative estimate of drug-likeness (QED) is 0.766. The molecule has 0 N–H and O–H groups in total. The van der Waals surface area contributed by atoms with Gasteiger partial charge in [-0.15, -0.1) is 0 Å². The molecule has 0 unspecified atom stereocenters. The van der Waals surface area contributed by atoms with Crippen LogP contribution < -0.4 is 4.74 Å². The van der Waals surface area contributed by atoms with Crippen molar-refractivity contribution in [1.82, 2.24) is 4.98 Å². The standard InChI is InChI=1S/C10H9Cl2NO2/c1-7-2-3-10(9(5-14)13-7)15-6-8(12)4-11/h2-5H,6H2,1H3. The van der Waals surface area contributed by atoms with E-state index in [9.17, 15) is 4.79 Å². The summed E-state index contributed by atoms with van der Waals surface area (Å²) in [6.45, 7) is 1.92. The Morgan fingerprint density at radius 1 is 1.60 bits per heavy atom. The molecule has 15 heavy (non-hydrogen) atoms. The highest BCUT2D eigenvalue weighted by molar-refractivity contribution is 6.36. The van der Waals surface area contributed by atoms with Crippen LogP contribution >= 0.6 is 23.2 Å². The fourth-order valence-corrected chi connectivity index (χ4v) is 1.07. The molecule has 1 heterocycles. The number of carbonyl (C=O) groups is 1. The van der Waals surface area contributed by atoms with E-state index in [2.05, 4.69) is 4.98 Å². The fraction of sp³-hybridized carbons (Fsp3) is 0.200. The van der Waals surface area contributed by atoms with E-state index in [-0.39, 0.29) is 12.3 Å². The Morgan fingerprint density at radius 3 is 2.93 bits per heavy atom. The largest absolute Gasteiger partial charge is 0.486 e. The van der Waals surface area contributed by atoms with Crippen LogP contribution in [-0.2, 0) is 0 Å². The minimum atomic E-state index is 0.122. The third-order valence-corrected chi connectivity index (χ3v) is 2.21. The molecule has 0 radical (unpaired) electrons. The lowest BCUT2D eigenvalue weighted by Crippen LogP contribution is -2.02. The molecule has 80 valence electrons. The molecule has 1 aromatic heterocycles. The van der Waals surface area contributed by atoms with E-state index in [0.29, 0.717) is 17.1 Å². The van der Waals surface area contributed by atoms with Gasteiger partial charge in [0.2, 0.25) is 0 Å². The maximum atomic E-state index is 10.7. The first-order valence-corrected chi connectivity index (χ1v) is 4.99. The molecule has 0 saturated heterocycles. The lowest BCUT2D eigenvalue weighted by atomic mass is 10.3. The second-order valence-electron chi connectivity index (χ2n) is 2.80. The molecule has 5 heteroatoms. The Bertz CT molecular complexity index is 391. The second kappa shape index (κ2) is 5.73. The average Bonchev–Trinajstić information content (AvgIpc) is 2.26. The first-order valence-electron chi connectivity index (χ1n) is 4.17. The summed E-state index contributed by atoms with van der Waals surface area (Å²) in [5.41, 5.74) is 2.22. The van der Waals surface area contributed by atoms with Gasteiger partial charge in [-0.2, -0.15) is 0 Å². The maximum Gasteiger partial charge on any atom is 0.172 e. The van der Waals surface area contributed by atoms with Gasteiger partial charge in [-0.3, -0.25) is 4.79 Å². The van der Waals surface area contributed by atoms with Crippen molar-refractivity contribution < 1.29 is 9.53 Å². The van der Waals surface area contributed by atoms with Crippen LogP contribution in [0.2, 0.25) is 0 Å². The lowest BCUT2D eigenvalue weighted by Gasteiger charge is -2.06. The average molecular weight is 246 g/mol. The lowest BCUT2D eigenvalue weighted by molar-refractivity contribution is 0.111. The van der Waals surface area contributed by atoms with Crippen molar-refractivity contribution in [2.75, 3.05) is 6.61 Å². The minimum Gasteiger partial charge on any atom is -0.486 e. The van der Waals surface area contributed by atoms with E-state index in [1.165, 1.54) is 5.54 Å². The van der Waals surface area contributed by atoms with Crippen LogP contribution in [0.25, 0.3) is 0 Å². The van der Waals surface area contributed by atoms with Crippen LogP contribution in [-0.4, -0.2) is 17.9 Å². The number of aromatic nitrogens is 1. The zero-order chi connectivity index (χ0) is 11.3. The van der Waals surface area contributed by atoms with Crippen LogP contribution in [0.4, 0.5) is 0 Å². The Balaban J connectivity index is 2.80. The van der Waals surface area contributed by atoms with Crippen molar-refractivity contribution in [3.05, 3.63) is 34.1 Å². The Labute approximate surface area is 97.7 Å². The van der Waals surface area contributed by atoms with Gasteiger partial charge in [-0.25, -0.2) is 4.98 Å². The van der Waals surface area contributed by atoms with E-state index in [1.54, 1.807) is 19.1 Å². The first-order chi connectivity index (χ1) is 7.17. The van der Waals surface area contributed by atoms with Crippen molar-refractivity contribution in [2.45, 2.75) is 6.92 Å². The van der Waals surface area contributed by atoms with E-state index < -0.39 is 0 Å². The van der Waals surface area contributed by atoms with Gasteiger partial charge in [0.25, 0.3) is 0 Å². The summed E-state index contributed by atoms with van der Waals surface area (Å²) in [6.07, 6.45) is 0.640. The van der Waals surface area contributed by atoms with Gasteiger partial charge in [0.15, 0.2) is 6.29 Å². The molecule has 0 aliphatic carbocycles. The van der Waals surface area contributed by atoms with E-state index in [0.717, 1.165) is 5.69 Å². The SMILES string of the molecule is Cc1ccc(OCC(Cl)=CCl)c(C=O)n1. The Morgan fingerprint density at radius 2 is 2.33 bits per heavy atom. The van der Waals surface area contributed by atoms with E-state index >= 15 is 0 Å². The van der Waals surface area contributed by atoms with E-state index in [4.69, 9.17) is 27.9 Å². The Kier molecular flexibility index (Phi) is 4.59. The number of halogens is 2. The summed E-state index contributed by atoms with van der Waals surface area (Å²) < 4.78 is 5.26. The summed E-state index contributed by atoms with van der Waals surface area (Å²) in [6, 6.07) is 3.42. The summed E-state index contributed by atoms with van der Waals surface area (Å²) in [7, 11) is 0. The normalized spacial score (nSPS) is 11.3. The van der Waals surface area contributed by atoms with Crippen LogP contribution in [0.1, 0.15) is 16.2 Å². The molecule has 0 atom stereocenters. The summed E-state index contributed by atoms with van der Waals surface area (Å²) in [4.78, 5) is 14.7.